The Morgan fingerprint density at radius 1 is 1.07 bits per heavy atom. The quantitative estimate of drug-likeness (QED) is 0.632. The van der Waals surface area contributed by atoms with Crippen LogP contribution in [0.25, 0.3) is 10.8 Å². The van der Waals surface area contributed by atoms with Crippen LogP contribution in [0, 0.1) is 5.92 Å². The highest BCUT2D eigenvalue weighted by Gasteiger charge is 2.30. The lowest BCUT2D eigenvalue weighted by Gasteiger charge is -2.19. The average Bonchev–Trinajstić information content (AvgIpc) is 3.47. The van der Waals surface area contributed by atoms with E-state index < -0.39 is 0 Å². The molecular weight excluding hydrogens is 382 g/mol. The predicted molar refractivity (Wildman–Crippen MR) is 113 cm³/mol. The van der Waals surface area contributed by atoms with Gasteiger partial charge in [0.2, 0.25) is 11.8 Å². The Labute approximate surface area is 174 Å². The molecule has 0 unspecified atom stereocenters. The minimum Gasteiger partial charge on any atom is -0.467 e. The maximum atomic E-state index is 13.1. The molecule has 154 valence electrons. The Balaban J connectivity index is 1.51. The third kappa shape index (κ3) is 4.51. The molecular formula is C23H23N3O4. The third-order valence-electron chi connectivity index (χ3n) is 5.09. The Morgan fingerprint density at radius 2 is 1.80 bits per heavy atom. The number of fused-ring (bicyclic) bond motifs is 1. The summed E-state index contributed by atoms with van der Waals surface area (Å²) in [5.41, 5.74) is 0.836. The molecule has 1 aliphatic carbocycles. The van der Waals surface area contributed by atoms with Gasteiger partial charge in [-0.05, 0) is 47.9 Å². The van der Waals surface area contributed by atoms with Crippen LogP contribution >= 0.6 is 0 Å². The second kappa shape index (κ2) is 8.41. The van der Waals surface area contributed by atoms with Crippen molar-refractivity contribution in [3.05, 3.63) is 66.1 Å². The topological polar surface area (TPSA) is 91.7 Å². The van der Waals surface area contributed by atoms with Gasteiger partial charge in [-0.2, -0.15) is 0 Å². The zero-order valence-corrected chi connectivity index (χ0v) is 16.7. The van der Waals surface area contributed by atoms with E-state index in [0.29, 0.717) is 17.0 Å². The predicted octanol–water partition coefficient (Wildman–Crippen LogP) is 3.17. The summed E-state index contributed by atoms with van der Waals surface area (Å²) in [6.07, 6.45) is 3.28. The lowest BCUT2D eigenvalue weighted by atomic mass is 10.0. The Kier molecular flexibility index (Phi) is 5.52. The number of carbonyl (C=O) groups is 3. The van der Waals surface area contributed by atoms with E-state index in [1.807, 2.05) is 30.3 Å². The monoisotopic (exact) mass is 405 g/mol. The maximum absolute atomic E-state index is 13.1. The van der Waals surface area contributed by atoms with Gasteiger partial charge in [-0.3, -0.25) is 14.4 Å². The number of likely N-dealkylation sites (N-methyl/N-ethyl adjacent to an activating group) is 1. The van der Waals surface area contributed by atoms with Crippen molar-refractivity contribution in [3.8, 4) is 0 Å². The van der Waals surface area contributed by atoms with Gasteiger partial charge in [-0.25, -0.2) is 0 Å². The summed E-state index contributed by atoms with van der Waals surface area (Å²) in [6, 6.07) is 14.7. The minimum absolute atomic E-state index is 0.0181. The number of carbonyl (C=O) groups excluding carboxylic acids is 3. The Hall–Kier alpha value is -3.61. The van der Waals surface area contributed by atoms with Crippen LogP contribution < -0.4 is 10.6 Å². The lowest BCUT2D eigenvalue weighted by molar-refractivity contribution is -0.121. The van der Waals surface area contributed by atoms with Crippen LogP contribution in [0.15, 0.2) is 59.2 Å². The number of hydrogen-bond donors (Lipinski definition) is 2. The van der Waals surface area contributed by atoms with E-state index in [2.05, 4.69) is 10.6 Å². The van der Waals surface area contributed by atoms with Gasteiger partial charge < -0.3 is 20.0 Å². The second-order valence-electron chi connectivity index (χ2n) is 7.53. The zero-order valence-electron chi connectivity index (χ0n) is 16.7. The molecule has 1 aliphatic rings. The maximum Gasteiger partial charge on any atom is 0.256 e. The second-order valence-corrected chi connectivity index (χ2v) is 7.53. The van der Waals surface area contributed by atoms with Gasteiger partial charge in [0.25, 0.3) is 5.91 Å². The zero-order chi connectivity index (χ0) is 21.1. The molecule has 7 heteroatoms. The summed E-state index contributed by atoms with van der Waals surface area (Å²) in [4.78, 5) is 39.0. The number of anilines is 1. The van der Waals surface area contributed by atoms with E-state index in [1.54, 1.807) is 25.2 Å². The molecule has 0 radical (unpaired) electrons. The normalized spacial score (nSPS) is 13.1. The Bertz CT molecular complexity index is 1090. The van der Waals surface area contributed by atoms with Crippen LogP contribution in [0.1, 0.15) is 29.0 Å². The van der Waals surface area contributed by atoms with Gasteiger partial charge >= 0.3 is 0 Å². The van der Waals surface area contributed by atoms with E-state index >= 15 is 0 Å². The molecule has 0 bridgehead atoms. The first-order valence-electron chi connectivity index (χ1n) is 9.89. The molecule has 1 fully saturated rings. The summed E-state index contributed by atoms with van der Waals surface area (Å²) < 4.78 is 5.19. The summed E-state index contributed by atoms with van der Waals surface area (Å²) in [7, 11) is 1.57. The van der Waals surface area contributed by atoms with Crippen LogP contribution in [0.3, 0.4) is 0 Å². The lowest BCUT2D eigenvalue weighted by Crippen LogP contribution is -2.38. The molecule has 4 rings (SSSR count). The van der Waals surface area contributed by atoms with Gasteiger partial charge in [0.15, 0.2) is 0 Å². The van der Waals surface area contributed by atoms with Crippen molar-refractivity contribution in [1.82, 2.24) is 10.2 Å². The minimum atomic E-state index is -0.333. The fraction of sp³-hybridized carbons (Fsp3) is 0.261. The van der Waals surface area contributed by atoms with Crippen LogP contribution in [0.4, 0.5) is 5.69 Å². The van der Waals surface area contributed by atoms with Crippen molar-refractivity contribution in [1.29, 1.82) is 0 Å². The molecule has 1 saturated carbocycles. The molecule has 2 aromatic carbocycles. The number of furan rings is 1. The number of rotatable bonds is 7. The molecule has 1 aromatic heterocycles. The standard InChI is InChI=1S/C23H23N3O4/c1-26(14-21(27)24-13-18-7-4-10-30-18)23(29)19-11-16-5-2-3-6-17(16)12-20(19)25-22(28)15-8-9-15/h2-7,10-12,15H,8-9,13-14H2,1H3,(H,24,27)(H,25,28). The van der Waals surface area contributed by atoms with E-state index in [0.717, 1.165) is 23.6 Å². The number of amides is 3. The molecule has 3 amide bonds. The van der Waals surface area contributed by atoms with Crippen molar-refractivity contribution >= 4 is 34.2 Å². The van der Waals surface area contributed by atoms with Crippen LogP contribution in [-0.4, -0.2) is 36.2 Å². The van der Waals surface area contributed by atoms with E-state index in [9.17, 15) is 14.4 Å². The molecule has 0 atom stereocenters. The fourth-order valence-corrected chi connectivity index (χ4v) is 3.25. The first kappa shape index (κ1) is 19.7. The smallest absolute Gasteiger partial charge is 0.256 e. The first-order chi connectivity index (χ1) is 14.5. The summed E-state index contributed by atoms with van der Waals surface area (Å²) >= 11 is 0. The highest BCUT2D eigenvalue weighted by atomic mass is 16.3. The first-order valence-corrected chi connectivity index (χ1v) is 9.89. The SMILES string of the molecule is CN(CC(=O)NCc1ccco1)C(=O)c1cc2ccccc2cc1NC(=O)C1CC1. The van der Waals surface area contributed by atoms with Crippen LogP contribution in [0.2, 0.25) is 0 Å². The summed E-state index contributed by atoms with van der Waals surface area (Å²) in [5.74, 6) is -0.0498. The number of nitrogens with one attached hydrogen (secondary N) is 2. The fourth-order valence-electron chi connectivity index (χ4n) is 3.25. The molecule has 7 nitrogen and oxygen atoms in total. The highest BCUT2D eigenvalue weighted by molar-refractivity contribution is 6.08. The van der Waals surface area contributed by atoms with Gasteiger partial charge in [0.1, 0.15) is 5.76 Å². The molecule has 0 aliphatic heterocycles. The summed E-state index contributed by atoms with van der Waals surface area (Å²) in [5, 5.41) is 7.44. The van der Waals surface area contributed by atoms with Gasteiger partial charge in [0, 0.05) is 13.0 Å². The Morgan fingerprint density at radius 3 is 2.47 bits per heavy atom. The van der Waals surface area contributed by atoms with Gasteiger partial charge in [-0.15, -0.1) is 0 Å². The molecule has 3 aromatic rings. The molecule has 2 N–H and O–H groups in total. The third-order valence-corrected chi connectivity index (χ3v) is 5.09. The van der Waals surface area contributed by atoms with Gasteiger partial charge in [0.05, 0.1) is 30.6 Å². The van der Waals surface area contributed by atoms with E-state index in [-0.39, 0.29) is 36.7 Å². The molecule has 0 spiro atoms. The number of benzene rings is 2. The molecule has 30 heavy (non-hydrogen) atoms. The van der Waals surface area contributed by atoms with Crippen molar-refractivity contribution < 1.29 is 18.8 Å². The average molecular weight is 405 g/mol. The van der Waals surface area contributed by atoms with E-state index in [1.165, 1.54) is 11.2 Å². The summed E-state index contributed by atoms with van der Waals surface area (Å²) in [6.45, 7) is 0.148. The molecule has 1 heterocycles. The number of hydrogen-bond acceptors (Lipinski definition) is 4. The van der Waals surface area contributed by atoms with Crippen LogP contribution in [0.5, 0.6) is 0 Å². The van der Waals surface area contributed by atoms with E-state index in [4.69, 9.17) is 4.42 Å². The molecule has 0 saturated heterocycles. The van der Waals surface area contributed by atoms with Crippen molar-refractivity contribution in [3.63, 3.8) is 0 Å². The van der Waals surface area contributed by atoms with Crippen molar-refractivity contribution in [2.24, 2.45) is 5.92 Å². The number of nitrogens with zero attached hydrogens (tertiary/aromatic N) is 1. The largest absolute Gasteiger partial charge is 0.467 e. The van der Waals surface area contributed by atoms with Crippen LogP contribution in [-0.2, 0) is 16.1 Å². The van der Waals surface area contributed by atoms with Crippen molar-refractivity contribution in [2.75, 3.05) is 18.9 Å². The highest BCUT2D eigenvalue weighted by Crippen LogP contribution is 2.32. The van der Waals surface area contributed by atoms with Gasteiger partial charge in [-0.1, -0.05) is 24.3 Å². The van der Waals surface area contributed by atoms with Crippen molar-refractivity contribution in [2.45, 2.75) is 19.4 Å².